The summed E-state index contributed by atoms with van der Waals surface area (Å²) in [6.07, 6.45) is 0.295. The zero-order valence-corrected chi connectivity index (χ0v) is 8.38. The quantitative estimate of drug-likeness (QED) is 0.582. The first-order valence-corrected chi connectivity index (χ1v) is 4.86. The van der Waals surface area contributed by atoms with Crippen LogP contribution in [0.1, 0.15) is 20.3 Å². The molecule has 0 aromatic carbocycles. The Bertz CT molecular complexity index is 142. The van der Waals surface area contributed by atoms with Crippen LogP contribution >= 0.6 is 0 Å². The fourth-order valence-corrected chi connectivity index (χ4v) is 1.41. The van der Waals surface area contributed by atoms with Gasteiger partial charge in [0.05, 0.1) is 5.60 Å². The largest absolute Gasteiger partial charge is 0.387 e. The molecule has 1 saturated heterocycles. The summed E-state index contributed by atoms with van der Waals surface area (Å²) in [5, 5.41) is 12.8. The van der Waals surface area contributed by atoms with Crippen molar-refractivity contribution in [2.45, 2.75) is 32.2 Å². The van der Waals surface area contributed by atoms with Crippen LogP contribution in [0.3, 0.4) is 0 Å². The zero-order valence-electron chi connectivity index (χ0n) is 8.38. The summed E-state index contributed by atoms with van der Waals surface area (Å²) in [4.78, 5) is 0. The third-order valence-electron chi connectivity index (χ3n) is 2.16. The molecule has 0 aliphatic carbocycles. The van der Waals surface area contributed by atoms with Gasteiger partial charge in [0.15, 0.2) is 6.29 Å². The van der Waals surface area contributed by atoms with Gasteiger partial charge in [-0.25, -0.2) is 0 Å². The Morgan fingerprint density at radius 3 is 2.15 bits per heavy atom. The Balaban J connectivity index is 2.27. The highest BCUT2D eigenvalue weighted by molar-refractivity contribution is 4.93. The maximum atomic E-state index is 9.81. The number of rotatable bonds is 6. The molecule has 4 nitrogen and oxygen atoms in total. The summed E-state index contributed by atoms with van der Waals surface area (Å²) >= 11 is 0. The van der Waals surface area contributed by atoms with Crippen LogP contribution in [0.4, 0.5) is 0 Å². The van der Waals surface area contributed by atoms with E-state index in [4.69, 9.17) is 9.47 Å². The van der Waals surface area contributed by atoms with Gasteiger partial charge in [0.25, 0.3) is 0 Å². The Labute approximate surface area is 79.2 Å². The summed E-state index contributed by atoms with van der Waals surface area (Å²) in [6.45, 7) is 6.37. The van der Waals surface area contributed by atoms with Crippen LogP contribution < -0.4 is 5.32 Å². The van der Waals surface area contributed by atoms with Gasteiger partial charge in [-0.15, -0.1) is 0 Å². The summed E-state index contributed by atoms with van der Waals surface area (Å²) in [5.74, 6) is 0. The van der Waals surface area contributed by atoms with Gasteiger partial charge in [0, 0.05) is 32.7 Å². The summed E-state index contributed by atoms with van der Waals surface area (Å²) in [5.41, 5.74) is -0.616. The van der Waals surface area contributed by atoms with Crippen LogP contribution in [-0.2, 0) is 9.47 Å². The van der Waals surface area contributed by atoms with E-state index >= 15 is 0 Å². The van der Waals surface area contributed by atoms with Crippen molar-refractivity contribution in [1.82, 2.24) is 5.32 Å². The van der Waals surface area contributed by atoms with Crippen LogP contribution in [0.5, 0.6) is 0 Å². The molecule has 0 aromatic rings. The van der Waals surface area contributed by atoms with Gasteiger partial charge in [-0.05, 0) is 13.8 Å². The van der Waals surface area contributed by atoms with Crippen molar-refractivity contribution in [1.29, 1.82) is 0 Å². The lowest BCUT2D eigenvalue weighted by Crippen LogP contribution is -2.61. The summed E-state index contributed by atoms with van der Waals surface area (Å²) in [7, 11) is 0. The molecule has 1 heterocycles. The first-order chi connectivity index (χ1) is 6.20. The molecule has 0 bridgehead atoms. The first-order valence-electron chi connectivity index (χ1n) is 4.86. The molecule has 1 fully saturated rings. The van der Waals surface area contributed by atoms with Crippen LogP contribution in [0, 0.1) is 0 Å². The van der Waals surface area contributed by atoms with Crippen LogP contribution in [0.25, 0.3) is 0 Å². The van der Waals surface area contributed by atoms with E-state index in [0.717, 1.165) is 0 Å². The Kier molecular flexibility index (Phi) is 4.12. The standard InChI is InChI=1S/C9H19NO3/c1-3-12-8(13-4-2)5-9(11)6-10-7-9/h8,10-11H,3-7H2,1-2H3. The lowest BCUT2D eigenvalue weighted by Gasteiger charge is -2.39. The molecule has 4 heteroatoms. The molecule has 0 saturated carbocycles. The number of hydrogen-bond acceptors (Lipinski definition) is 4. The van der Waals surface area contributed by atoms with E-state index in [0.29, 0.717) is 32.7 Å². The predicted molar refractivity (Wildman–Crippen MR) is 49.5 cm³/mol. The van der Waals surface area contributed by atoms with Crippen molar-refractivity contribution in [3.8, 4) is 0 Å². The fourth-order valence-electron chi connectivity index (χ4n) is 1.41. The van der Waals surface area contributed by atoms with E-state index in [1.54, 1.807) is 0 Å². The van der Waals surface area contributed by atoms with Gasteiger partial charge in [-0.3, -0.25) is 0 Å². The van der Waals surface area contributed by atoms with Gasteiger partial charge in [0.1, 0.15) is 0 Å². The van der Waals surface area contributed by atoms with E-state index in [9.17, 15) is 5.11 Å². The second-order valence-corrected chi connectivity index (χ2v) is 3.37. The Hall–Kier alpha value is -0.160. The average molecular weight is 189 g/mol. The molecule has 0 atom stereocenters. The molecule has 0 amide bonds. The van der Waals surface area contributed by atoms with E-state index in [1.165, 1.54) is 0 Å². The minimum absolute atomic E-state index is 0.262. The second kappa shape index (κ2) is 4.91. The minimum Gasteiger partial charge on any atom is -0.387 e. The Morgan fingerprint density at radius 2 is 1.85 bits per heavy atom. The van der Waals surface area contributed by atoms with E-state index in [-0.39, 0.29) is 6.29 Å². The molecule has 0 unspecified atom stereocenters. The maximum absolute atomic E-state index is 9.81. The highest BCUT2D eigenvalue weighted by atomic mass is 16.7. The lowest BCUT2D eigenvalue weighted by atomic mass is 9.93. The smallest absolute Gasteiger partial charge is 0.160 e. The van der Waals surface area contributed by atoms with Gasteiger partial charge in [-0.2, -0.15) is 0 Å². The molecular formula is C9H19NO3. The predicted octanol–water partition coefficient (Wildman–Crippen LogP) is 0.110. The number of hydrogen-bond donors (Lipinski definition) is 2. The summed E-state index contributed by atoms with van der Waals surface area (Å²) < 4.78 is 10.7. The molecule has 13 heavy (non-hydrogen) atoms. The molecule has 0 radical (unpaired) electrons. The van der Waals surface area contributed by atoms with Crippen molar-refractivity contribution in [3.63, 3.8) is 0 Å². The van der Waals surface area contributed by atoms with E-state index in [1.807, 2.05) is 13.8 Å². The molecule has 2 N–H and O–H groups in total. The molecule has 0 aromatic heterocycles. The third kappa shape index (κ3) is 3.23. The summed E-state index contributed by atoms with van der Waals surface area (Å²) in [6, 6.07) is 0. The highest BCUT2D eigenvalue weighted by Gasteiger charge is 2.37. The van der Waals surface area contributed by atoms with Crippen molar-refractivity contribution in [2.75, 3.05) is 26.3 Å². The third-order valence-corrected chi connectivity index (χ3v) is 2.16. The molecular weight excluding hydrogens is 170 g/mol. The maximum Gasteiger partial charge on any atom is 0.160 e. The first kappa shape index (κ1) is 10.9. The van der Waals surface area contributed by atoms with Gasteiger partial charge < -0.3 is 19.9 Å². The number of aliphatic hydroxyl groups is 1. The monoisotopic (exact) mass is 189 g/mol. The normalized spacial score (nSPS) is 20.3. The SMILES string of the molecule is CCOC(CC1(O)CNC1)OCC. The van der Waals surface area contributed by atoms with Crippen molar-refractivity contribution in [3.05, 3.63) is 0 Å². The average Bonchev–Trinajstić information content (AvgIpc) is 2.02. The second-order valence-electron chi connectivity index (χ2n) is 3.37. The van der Waals surface area contributed by atoms with E-state index < -0.39 is 5.60 Å². The lowest BCUT2D eigenvalue weighted by molar-refractivity contribution is -0.176. The van der Waals surface area contributed by atoms with Gasteiger partial charge in [-0.1, -0.05) is 0 Å². The Morgan fingerprint density at radius 1 is 1.31 bits per heavy atom. The van der Waals surface area contributed by atoms with Gasteiger partial charge in [0.2, 0.25) is 0 Å². The van der Waals surface area contributed by atoms with Crippen molar-refractivity contribution < 1.29 is 14.6 Å². The molecule has 1 rings (SSSR count). The molecule has 1 aliphatic rings. The minimum atomic E-state index is -0.616. The van der Waals surface area contributed by atoms with Gasteiger partial charge >= 0.3 is 0 Å². The van der Waals surface area contributed by atoms with Crippen LogP contribution in [-0.4, -0.2) is 43.3 Å². The van der Waals surface area contributed by atoms with E-state index in [2.05, 4.69) is 5.32 Å². The van der Waals surface area contributed by atoms with Crippen LogP contribution in [0.15, 0.2) is 0 Å². The number of nitrogens with one attached hydrogen (secondary N) is 1. The number of β-amino-alcohol motifs (C(OH)–C–C–N with tert-alkyl or cyclic N) is 1. The van der Waals surface area contributed by atoms with Crippen molar-refractivity contribution in [2.24, 2.45) is 0 Å². The highest BCUT2D eigenvalue weighted by Crippen LogP contribution is 2.19. The van der Waals surface area contributed by atoms with Crippen molar-refractivity contribution >= 4 is 0 Å². The molecule has 0 spiro atoms. The zero-order chi connectivity index (χ0) is 9.73. The van der Waals surface area contributed by atoms with Crippen LogP contribution in [0.2, 0.25) is 0 Å². The fraction of sp³-hybridized carbons (Fsp3) is 1.00. The topological polar surface area (TPSA) is 50.7 Å². The molecule has 78 valence electrons. The molecule has 1 aliphatic heterocycles. The number of ether oxygens (including phenoxy) is 2.